The molecule has 4 heteroatoms. The Morgan fingerprint density at radius 2 is 0.625 bits per heavy atom. The van der Waals surface area contributed by atoms with E-state index in [-0.39, 0.29) is 0 Å². The normalized spacial score (nSPS) is 11.1. The van der Waals surface area contributed by atoms with Crippen molar-refractivity contribution in [2.75, 3.05) is 9.80 Å². The second-order valence-corrected chi connectivity index (χ2v) is 15.8. The predicted octanol–water partition coefficient (Wildman–Crippen LogP) is 16.4. The van der Waals surface area contributed by atoms with E-state index >= 15 is 0 Å². The van der Waals surface area contributed by atoms with Crippen LogP contribution in [0.1, 0.15) is 0 Å². The SMILES string of the molecule is c1ccc(N(c2ccccc2)c2ccc(N(c3ccccc3)c3cccc4c(-c5ccc(-c6ccccn6)cc5)c5ccccc5c(-c5ccc(-c6ccccn6)cc5)c34)cc2)cc1. The summed E-state index contributed by atoms with van der Waals surface area (Å²) < 4.78 is 0. The Balaban J connectivity index is 1.15. The Morgan fingerprint density at radius 3 is 1.11 bits per heavy atom. The van der Waals surface area contributed by atoms with Gasteiger partial charge in [0.2, 0.25) is 0 Å². The molecule has 0 spiro atoms. The quantitative estimate of drug-likeness (QED) is 0.129. The average molecular weight is 819 g/mol. The summed E-state index contributed by atoms with van der Waals surface area (Å²) >= 11 is 0. The lowest BCUT2D eigenvalue weighted by molar-refractivity contribution is 1.26. The molecule has 2 aromatic heterocycles. The van der Waals surface area contributed by atoms with Crippen molar-refractivity contribution in [1.82, 2.24) is 9.97 Å². The highest BCUT2D eigenvalue weighted by Crippen LogP contribution is 2.50. The van der Waals surface area contributed by atoms with Crippen LogP contribution in [0.3, 0.4) is 0 Å². The van der Waals surface area contributed by atoms with Gasteiger partial charge in [0.1, 0.15) is 0 Å². The number of nitrogens with zero attached hydrogens (tertiary/aromatic N) is 4. The molecule has 2 heterocycles. The first-order valence-electron chi connectivity index (χ1n) is 21.7. The van der Waals surface area contributed by atoms with Crippen LogP contribution in [0.15, 0.2) is 255 Å². The molecule has 0 aliphatic carbocycles. The van der Waals surface area contributed by atoms with Gasteiger partial charge in [-0.3, -0.25) is 9.97 Å². The van der Waals surface area contributed by atoms with Gasteiger partial charge in [-0.05, 0) is 129 Å². The van der Waals surface area contributed by atoms with E-state index < -0.39 is 0 Å². The molecule has 0 fully saturated rings. The second-order valence-electron chi connectivity index (χ2n) is 15.8. The summed E-state index contributed by atoms with van der Waals surface area (Å²) in [5.74, 6) is 0. The molecule has 11 aromatic rings. The lowest BCUT2D eigenvalue weighted by atomic mass is 9.84. The van der Waals surface area contributed by atoms with Crippen molar-refractivity contribution in [3.63, 3.8) is 0 Å². The molecule has 0 radical (unpaired) electrons. The predicted molar refractivity (Wildman–Crippen MR) is 268 cm³/mol. The molecular weight excluding hydrogens is 777 g/mol. The van der Waals surface area contributed by atoms with E-state index in [1.54, 1.807) is 0 Å². The molecule has 302 valence electrons. The van der Waals surface area contributed by atoms with Gasteiger partial charge in [0, 0.05) is 57.3 Å². The molecule has 0 N–H and O–H groups in total. The highest BCUT2D eigenvalue weighted by Gasteiger charge is 2.24. The first-order chi connectivity index (χ1) is 31.8. The fourth-order valence-corrected chi connectivity index (χ4v) is 9.05. The average Bonchev–Trinajstić information content (AvgIpc) is 3.38. The molecule has 11 rings (SSSR count). The minimum atomic E-state index is 0.950. The van der Waals surface area contributed by atoms with Crippen molar-refractivity contribution in [3.8, 4) is 44.8 Å². The summed E-state index contributed by atoms with van der Waals surface area (Å²) in [6.45, 7) is 0. The van der Waals surface area contributed by atoms with Crippen LogP contribution in [0, 0.1) is 0 Å². The van der Waals surface area contributed by atoms with Gasteiger partial charge < -0.3 is 9.80 Å². The van der Waals surface area contributed by atoms with Crippen LogP contribution in [-0.2, 0) is 0 Å². The number of hydrogen-bond acceptors (Lipinski definition) is 4. The number of para-hydroxylation sites is 3. The van der Waals surface area contributed by atoms with Gasteiger partial charge in [-0.15, -0.1) is 0 Å². The van der Waals surface area contributed by atoms with E-state index in [4.69, 9.17) is 0 Å². The summed E-state index contributed by atoms with van der Waals surface area (Å²) in [4.78, 5) is 14.0. The van der Waals surface area contributed by atoms with Crippen molar-refractivity contribution < 1.29 is 0 Å². The smallest absolute Gasteiger partial charge is 0.0701 e. The highest BCUT2D eigenvalue weighted by atomic mass is 15.2. The Hall–Kier alpha value is -8.60. The minimum Gasteiger partial charge on any atom is -0.311 e. The fraction of sp³-hybridized carbons (Fsp3) is 0. The van der Waals surface area contributed by atoms with E-state index in [1.807, 2.05) is 36.7 Å². The van der Waals surface area contributed by atoms with Crippen molar-refractivity contribution in [3.05, 3.63) is 255 Å². The number of pyridine rings is 2. The fourth-order valence-electron chi connectivity index (χ4n) is 9.05. The topological polar surface area (TPSA) is 32.3 Å². The Labute approximate surface area is 373 Å². The van der Waals surface area contributed by atoms with E-state index in [2.05, 4.69) is 238 Å². The molecular formula is C60H42N4. The van der Waals surface area contributed by atoms with E-state index in [0.717, 1.165) is 67.8 Å². The van der Waals surface area contributed by atoms with E-state index in [9.17, 15) is 0 Å². The molecule has 0 bridgehead atoms. The van der Waals surface area contributed by atoms with Gasteiger partial charge in [0.25, 0.3) is 0 Å². The summed E-state index contributed by atoms with van der Waals surface area (Å²) in [6, 6.07) is 86.4. The lowest BCUT2D eigenvalue weighted by Crippen LogP contribution is -2.12. The molecule has 4 nitrogen and oxygen atoms in total. The summed E-state index contributed by atoms with van der Waals surface area (Å²) in [7, 11) is 0. The molecule has 0 atom stereocenters. The van der Waals surface area contributed by atoms with Gasteiger partial charge in [-0.2, -0.15) is 0 Å². The Kier molecular flexibility index (Phi) is 10.2. The Morgan fingerprint density at radius 1 is 0.250 bits per heavy atom. The van der Waals surface area contributed by atoms with Crippen molar-refractivity contribution in [2.45, 2.75) is 0 Å². The van der Waals surface area contributed by atoms with Gasteiger partial charge in [-0.1, -0.05) is 152 Å². The molecule has 0 saturated heterocycles. The van der Waals surface area contributed by atoms with Crippen LogP contribution >= 0.6 is 0 Å². The van der Waals surface area contributed by atoms with Gasteiger partial charge in [0.15, 0.2) is 0 Å². The first-order valence-corrected chi connectivity index (χ1v) is 21.7. The minimum absolute atomic E-state index is 0.950. The third-order valence-electron chi connectivity index (χ3n) is 11.9. The van der Waals surface area contributed by atoms with Crippen LogP contribution in [-0.4, -0.2) is 9.97 Å². The molecule has 0 amide bonds. The first kappa shape index (κ1) is 38.3. The third-order valence-corrected chi connectivity index (χ3v) is 11.9. The van der Waals surface area contributed by atoms with E-state index in [1.165, 1.54) is 32.7 Å². The van der Waals surface area contributed by atoms with Crippen LogP contribution in [0.4, 0.5) is 34.1 Å². The molecule has 0 aliphatic rings. The maximum absolute atomic E-state index is 4.66. The number of fused-ring (bicyclic) bond motifs is 2. The molecule has 9 aromatic carbocycles. The van der Waals surface area contributed by atoms with Crippen molar-refractivity contribution >= 4 is 55.7 Å². The van der Waals surface area contributed by atoms with E-state index in [0.29, 0.717) is 0 Å². The number of benzene rings is 9. The maximum Gasteiger partial charge on any atom is 0.0701 e. The van der Waals surface area contributed by atoms with Crippen molar-refractivity contribution in [2.24, 2.45) is 0 Å². The number of rotatable bonds is 10. The molecule has 0 unspecified atom stereocenters. The standard InChI is InChI=1S/C60H42N4/c1-4-17-47(18-5-1)63(48-19-6-2-7-20-48)50-37-39-51(40-38-50)64(49-21-8-3-9-22-49)57-28-16-25-54-58(45-33-29-43(30-34-45)55-26-12-14-41-61-55)52-23-10-11-24-53(52)59(60(54)57)46-35-31-44(32-36-46)56-27-13-15-42-62-56/h1-42H. The summed E-state index contributed by atoms with van der Waals surface area (Å²) in [6.07, 6.45) is 3.70. The summed E-state index contributed by atoms with van der Waals surface area (Å²) in [5.41, 5.74) is 15.2. The highest BCUT2D eigenvalue weighted by molar-refractivity contribution is 6.25. The number of hydrogen-bond donors (Lipinski definition) is 0. The molecule has 0 aliphatic heterocycles. The van der Waals surface area contributed by atoms with Gasteiger partial charge in [-0.25, -0.2) is 0 Å². The molecule has 0 saturated carbocycles. The van der Waals surface area contributed by atoms with Crippen LogP contribution in [0.2, 0.25) is 0 Å². The van der Waals surface area contributed by atoms with Crippen LogP contribution < -0.4 is 9.80 Å². The Bertz CT molecular complexity index is 3280. The number of anilines is 6. The zero-order valence-electron chi connectivity index (χ0n) is 35.0. The van der Waals surface area contributed by atoms with Crippen LogP contribution in [0.25, 0.3) is 66.3 Å². The zero-order chi connectivity index (χ0) is 42.7. The molecule has 64 heavy (non-hydrogen) atoms. The zero-order valence-corrected chi connectivity index (χ0v) is 35.0. The van der Waals surface area contributed by atoms with Crippen molar-refractivity contribution in [1.29, 1.82) is 0 Å². The monoisotopic (exact) mass is 818 g/mol. The summed E-state index contributed by atoms with van der Waals surface area (Å²) in [5, 5.41) is 4.71. The lowest BCUT2D eigenvalue weighted by Gasteiger charge is -2.30. The van der Waals surface area contributed by atoms with Crippen LogP contribution in [0.5, 0.6) is 0 Å². The third kappa shape index (κ3) is 7.23. The number of aromatic nitrogens is 2. The van der Waals surface area contributed by atoms with Gasteiger partial charge >= 0.3 is 0 Å². The largest absolute Gasteiger partial charge is 0.311 e. The maximum atomic E-state index is 4.66. The van der Waals surface area contributed by atoms with Gasteiger partial charge in [0.05, 0.1) is 17.1 Å². The second kappa shape index (κ2) is 17.0.